The summed E-state index contributed by atoms with van der Waals surface area (Å²) in [5.74, 6) is -0.502. The Hall–Kier alpha value is -3.56. The Morgan fingerprint density at radius 1 is 1.12 bits per heavy atom. The van der Waals surface area contributed by atoms with Gasteiger partial charge in [0.1, 0.15) is 23.6 Å². The number of sulfonamides is 1. The lowest BCUT2D eigenvalue weighted by Gasteiger charge is -2.20. The van der Waals surface area contributed by atoms with Crippen LogP contribution in [-0.2, 0) is 27.8 Å². The number of halogens is 1. The molecule has 0 radical (unpaired) electrons. The second-order valence-corrected chi connectivity index (χ2v) is 10.0. The van der Waals surface area contributed by atoms with Gasteiger partial charge in [0, 0.05) is 18.9 Å². The van der Waals surface area contributed by atoms with Gasteiger partial charge in [-0.25, -0.2) is 18.2 Å². The molecule has 0 N–H and O–H groups in total. The van der Waals surface area contributed by atoms with Gasteiger partial charge in [0.2, 0.25) is 0 Å². The zero-order valence-corrected chi connectivity index (χ0v) is 19.7. The van der Waals surface area contributed by atoms with Crippen molar-refractivity contribution in [3.63, 3.8) is 0 Å². The quantitative estimate of drug-likeness (QED) is 0.372. The first kappa shape index (κ1) is 22.2. The number of anilines is 1. The summed E-state index contributed by atoms with van der Waals surface area (Å²) >= 11 is 6.00. The molecule has 0 atom stereocenters. The number of esters is 1. The number of imidazole rings is 1. The summed E-state index contributed by atoms with van der Waals surface area (Å²) in [5.41, 5.74) is 2.81. The van der Waals surface area contributed by atoms with Crippen LogP contribution in [0, 0.1) is 0 Å². The number of rotatable bonds is 6. The van der Waals surface area contributed by atoms with Gasteiger partial charge in [-0.05, 0) is 48.4 Å². The van der Waals surface area contributed by atoms with E-state index in [0.29, 0.717) is 35.0 Å². The molecular weight excluding hydrogens is 478 g/mol. The number of para-hydroxylation sites is 1. The summed E-state index contributed by atoms with van der Waals surface area (Å²) in [5, 5.41) is 0.553. The van der Waals surface area contributed by atoms with Crippen LogP contribution in [-0.4, -0.2) is 37.4 Å². The monoisotopic (exact) mass is 497 g/mol. The fourth-order valence-electron chi connectivity index (χ4n) is 4.00. The van der Waals surface area contributed by atoms with Crippen molar-refractivity contribution in [2.45, 2.75) is 17.9 Å². The van der Waals surface area contributed by atoms with Crippen LogP contribution in [0.25, 0.3) is 5.65 Å². The molecule has 3 heterocycles. The topological polar surface area (TPSA) is 90.2 Å². The van der Waals surface area contributed by atoms with E-state index in [1.807, 2.05) is 12.1 Å². The SMILES string of the molecule is COc1ccc(S(=O)(=O)N2CCc3ccccc32)cc1C(=O)OCc1cn2cc(Cl)ccc2n1. The maximum absolute atomic E-state index is 13.4. The van der Waals surface area contributed by atoms with E-state index in [1.54, 1.807) is 41.1 Å². The zero-order valence-electron chi connectivity index (χ0n) is 18.1. The van der Waals surface area contributed by atoms with E-state index in [4.69, 9.17) is 21.1 Å². The van der Waals surface area contributed by atoms with E-state index >= 15 is 0 Å². The van der Waals surface area contributed by atoms with Gasteiger partial charge in [0.25, 0.3) is 10.0 Å². The Labute approximate surface area is 201 Å². The van der Waals surface area contributed by atoms with E-state index < -0.39 is 16.0 Å². The lowest BCUT2D eigenvalue weighted by atomic mass is 10.2. The number of methoxy groups -OCH3 is 1. The highest BCUT2D eigenvalue weighted by atomic mass is 35.5. The first-order valence-electron chi connectivity index (χ1n) is 10.5. The number of hydrogen-bond donors (Lipinski definition) is 0. The average Bonchev–Trinajstić information content (AvgIpc) is 3.46. The number of pyridine rings is 1. The Bertz CT molecular complexity index is 1520. The second kappa shape index (κ2) is 8.66. The van der Waals surface area contributed by atoms with Gasteiger partial charge in [-0.3, -0.25) is 4.31 Å². The van der Waals surface area contributed by atoms with Gasteiger partial charge in [-0.15, -0.1) is 0 Å². The Morgan fingerprint density at radius 3 is 2.76 bits per heavy atom. The van der Waals surface area contributed by atoms with Crippen molar-refractivity contribution in [2.24, 2.45) is 0 Å². The molecule has 0 aliphatic carbocycles. The minimum atomic E-state index is -3.88. The molecule has 0 amide bonds. The third kappa shape index (κ3) is 3.97. The third-order valence-corrected chi connectivity index (χ3v) is 7.67. The van der Waals surface area contributed by atoms with Crippen LogP contribution >= 0.6 is 11.6 Å². The molecule has 2 aromatic heterocycles. The van der Waals surface area contributed by atoms with E-state index in [1.165, 1.54) is 29.6 Å². The number of benzene rings is 2. The van der Waals surface area contributed by atoms with Crippen molar-refractivity contribution in [1.29, 1.82) is 0 Å². The van der Waals surface area contributed by atoms with Crippen LogP contribution in [0.15, 0.2) is 71.9 Å². The molecule has 5 rings (SSSR count). The predicted octanol–water partition coefficient (Wildman–Crippen LogP) is 4.10. The highest BCUT2D eigenvalue weighted by molar-refractivity contribution is 7.92. The van der Waals surface area contributed by atoms with Crippen molar-refractivity contribution in [2.75, 3.05) is 18.0 Å². The molecule has 4 aromatic rings. The van der Waals surface area contributed by atoms with Crippen molar-refractivity contribution in [1.82, 2.24) is 9.38 Å². The van der Waals surface area contributed by atoms with Crippen LogP contribution in [0.2, 0.25) is 5.02 Å². The molecule has 1 aliphatic rings. The van der Waals surface area contributed by atoms with Crippen LogP contribution in [0.3, 0.4) is 0 Å². The van der Waals surface area contributed by atoms with E-state index in [2.05, 4.69) is 4.98 Å². The number of carbonyl (C=O) groups excluding carboxylic acids is 1. The van der Waals surface area contributed by atoms with E-state index in [9.17, 15) is 13.2 Å². The number of hydrogen-bond acceptors (Lipinski definition) is 6. The molecule has 34 heavy (non-hydrogen) atoms. The van der Waals surface area contributed by atoms with Gasteiger partial charge in [0.05, 0.1) is 28.4 Å². The van der Waals surface area contributed by atoms with E-state index in [-0.39, 0.29) is 22.8 Å². The molecule has 0 saturated carbocycles. The van der Waals surface area contributed by atoms with Crippen LogP contribution in [0.5, 0.6) is 5.75 Å². The second-order valence-electron chi connectivity index (χ2n) is 7.74. The molecule has 0 spiro atoms. The number of carbonyl (C=O) groups is 1. The first-order valence-corrected chi connectivity index (χ1v) is 12.3. The van der Waals surface area contributed by atoms with Gasteiger partial charge >= 0.3 is 5.97 Å². The third-order valence-electron chi connectivity index (χ3n) is 5.64. The summed E-state index contributed by atoms with van der Waals surface area (Å²) in [6.45, 7) is 0.239. The molecule has 1 aliphatic heterocycles. The summed E-state index contributed by atoms with van der Waals surface area (Å²) < 4.78 is 40.6. The molecule has 174 valence electrons. The molecular formula is C24H20ClN3O5S. The standard InChI is InChI=1S/C24H20ClN3O5S/c1-32-22-8-7-19(34(30,31)28-11-10-16-4-2-3-5-21(16)28)12-20(22)24(29)33-15-18-14-27-13-17(25)6-9-23(27)26-18/h2-9,12-14H,10-11,15H2,1H3. The summed E-state index contributed by atoms with van der Waals surface area (Å²) in [6.07, 6.45) is 4.03. The molecule has 0 fully saturated rings. The van der Waals surface area contributed by atoms with Crippen molar-refractivity contribution in [3.05, 3.63) is 88.8 Å². The van der Waals surface area contributed by atoms with E-state index in [0.717, 1.165) is 5.56 Å². The van der Waals surface area contributed by atoms with Gasteiger partial charge < -0.3 is 13.9 Å². The van der Waals surface area contributed by atoms with Crippen LogP contribution in [0.4, 0.5) is 5.69 Å². The van der Waals surface area contributed by atoms with Crippen LogP contribution < -0.4 is 9.04 Å². The Morgan fingerprint density at radius 2 is 1.94 bits per heavy atom. The fraction of sp³-hybridized carbons (Fsp3) is 0.167. The summed E-state index contributed by atoms with van der Waals surface area (Å²) in [7, 11) is -2.47. The fourth-order valence-corrected chi connectivity index (χ4v) is 5.69. The van der Waals surface area contributed by atoms with Crippen molar-refractivity contribution in [3.8, 4) is 5.75 Å². The number of aromatic nitrogens is 2. The van der Waals surface area contributed by atoms with Gasteiger partial charge in [-0.1, -0.05) is 29.8 Å². The normalized spacial score (nSPS) is 13.2. The highest BCUT2D eigenvalue weighted by Crippen LogP contribution is 2.34. The summed E-state index contributed by atoms with van der Waals surface area (Å²) in [6, 6.07) is 15.0. The minimum absolute atomic E-state index is 0.0145. The largest absolute Gasteiger partial charge is 0.496 e. The van der Waals surface area contributed by atoms with Gasteiger partial charge in [-0.2, -0.15) is 0 Å². The predicted molar refractivity (Wildman–Crippen MR) is 127 cm³/mol. The van der Waals surface area contributed by atoms with Crippen molar-refractivity contribution < 1.29 is 22.7 Å². The summed E-state index contributed by atoms with van der Waals surface area (Å²) in [4.78, 5) is 17.3. The molecule has 0 bridgehead atoms. The maximum atomic E-state index is 13.4. The maximum Gasteiger partial charge on any atom is 0.342 e. The highest BCUT2D eigenvalue weighted by Gasteiger charge is 2.31. The average molecular weight is 498 g/mol. The number of ether oxygens (including phenoxy) is 2. The van der Waals surface area contributed by atoms with Crippen molar-refractivity contribution >= 4 is 38.9 Å². The zero-order chi connectivity index (χ0) is 23.9. The molecule has 0 unspecified atom stereocenters. The van der Waals surface area contributed by atoms with Gasteiger partial charge in [0.15, 0.2) is 0 Å². The lowest BCUT2D eigenvalue weighted by Crippen LogP contribution is -2.29. The lowest BCUT2D eigenvalue weighted by molar-refractivity contribution is 0.0464. The molecule has 10 heteroatoms. The smallest absolute Gasteiger partial charge is 0.342 e. The number of fused-ring (bicyclic) bond motifs is 2. The Balaban J connectivity index is 1.40. The van der Waals surface area contributed by atoms with Crippen LogP contribution in [0.1, 0.15) is 21.6 Å². The Kier molecular flexibility index (Phi) is 5.66. The molecule has 8 nitrogen and oxygen atoms in total. The molecule has 0 saturated heterocycles. The minimum Gasteiger partial charge on any atom is -0.496 e. The first-order chi connectivity index (χ1) is 16.4. The molecule has 2 aromatic carbocycles. The number of nitrogens with zero attached hydrogens (tertiary/aromatic N) is 3.